The van der Waals surface area contributed by atoms with Gasteiger partial charge in [-0.2, -0.15) is 0 Å². The third-order valence-electron chi connectivity index (χ3n) is 4.62. The molecule has 144 valence electrons. The van der Waals surface area contributed by atoms with Crippen LogP contribution in [0.1, 0.15) is 48.1 Å². The van der Waals surface area contributed by atoms with E-state index in [0.29, 0.717) is 12.1 Å². The lowest BCUT2D eigenvalue weighted by Crippen LogP contribution is -2.40. The SMILES string of the molecule is CCCCCNC(=O)C(NC(=O)c1ccc2ncccc2c1)c1ccccc1. The van der Waals surface area contributed by atoms with Crippen LogP contribution in [0.2, 0.25) is 0 Å². The van der Waals surface area contributed by atoms with E-state index in [2.05, 4.69) is 22.5 Å². The molecule has 1 aromatic heterocycles. The van der Waals surface area contributed by atoms with Gasteiger partial charge in [0, 0.05) is 23.7 Å². The Kier molecular flexibility index (Phi) is 6.73. The second-order valence-corrected chi connectivity index (χ2v) is 6.73. The van der Waals surface area contributed by atoms with Gasteiger partial charge in [-0.15, -0.1) is 0 Å². The highest BCUT2D eigenvalue weighted by molar-refractivity contribution is 6.00. The fourth-order valence-corrected chi connectivity index (χ4v) is 3.07. The van der Waals surface area contributed by atoms with E-state index in [9.17, 15) is 9.59 Å². The Hall–Kier alpha value is -3.21. The lowest BCUT2D eigenvalue weighted by molar-refractivity contribution is -0.123. The smallest absolute Gasteiger partial charge is 0.252 e. The standard InChI is InChI=1S/C23H25N3O2/c1-2-3-7-14-25-23(28)21(17-9-5-4-6-10-17)26-22(27)19-12-13-20-18(16-19)11-8-15-24-20/h4-6,8-13,15-16,21H,2-3,7,14H2,1H3,(H,25,28)(H,26,27). The van der Waals surface area contributed by atoms with Crippen LogP contribution >= 0.6 is 0 Å². The Morgan fingerprint density at radius 2 is 1.82 bits per heavy atom. The molecule has 1 heterocycles. The molecule has 5 nitrogen and oxygen atoms in total. The first-order valence-corrected chi connectivity index (χ1v) is 9.67. The zero-order chi connectivity index (χ0) is 19.8. The van der Waals surface area contributed by atoms with Gasteiger partial charge in [-0.05, 0) is 36.2 Å². The van der Waals surface area contributed by atoms with E-state index in [-0.39, 0.29) is 11.8 Å². The molecule has 0 aliphatic rings. The van der Waals surface area contributed by atoms with Crippen molar-refractivity contribution in [1.82, 2.24) is 15.6 Å². The number of carbonyl (C=O) groups is 2. The van der Waals surface area contributed by atoms with Gasteiger partial charge >= 0.3 is 0 Å². The molecule has 5 heteroatoms. The third-order valence-corrected chi connectivity index (χ3v) is 4.62. The van der Waals surface area contributed by atoms with E-state index in [1.165, 1.54) is 0 Å². The number of aromatic nitrogens is 1. The van der Waals surface area contributed by atoms with Crippen LogP contribution in [0.5, 0.6) is 0 Å². The van der Waals surface area contributed by atoms with Crippen LogP contribution in [0, 0.1) is 0 Å². The van der Waals surface area contributed by atoms with Gasteiger partial charge in [0.25, 0.3) is 5.91 Å². The molecule has 2 N–H and O–H groups in total. The van der Waals surface area contributed by atoms with Crippen LogP contribution in [0.3, 0.4) is 0 Å². The number of nitrogens with one attached hydrogen (secondary N) is 2. The Balaban J connectivity index is 1.77. The number of carbonyl (C=O) groups excluding carboxylic acids is 2. The van der Waals surface area contributed by atoms with Crippen molar-refractivity contribution < 1.29 is 9.59 Å². The van der Waals surface area contributed by atoms with Crippen LogP contribution in [-0.2, 0) is 4.79 Å². The van der Waals surface area contributed by atoms with E-state index >= 15 is 0 Å². The molecule has 0 spiro atoms. The van der Waals surface area contributed by atoms with E-state index in [1.807, 2.05) is 48.5 Å². The maximum atomic E-state index is 12.8. The molecule has 0 radical (unpaired) electrons. The first-order chi connectivity index (χ1) is 13.7. The van der Waals surface area contributed by atoms with Crippen LogP contribution in [0.15, 0.2) is 66.9 Å². The highest BCUT2D eigenvalue weighted by atomic mass is 16.2. The lowest BCUT2D eigenvalue weighted by atomic mass is 10.0. The normalized spacial score (nSPS) is 11.8. The largest absolute Gasteiger partial charge is 0.354 e. The summed E-state index contributed by atoms with van der Waals surface area (Å²) in [6, 6.07) is 17.6. The Morgan fingerprint density at radius 1 is 1.00 bits per heavy atom. The summed E-state index contributed by atoms with van der Waals surface area (Å²) >= 11 is 0. The fraction of sp³-hybridized carbons (Fsp3) is 0.261. The molecule has 3 aromatic rings. The minimum Gasteiger partial charge on any atom is -0.354 e. The summed E-state index contributed by atoms with van der Waals surface area (Å²) in [7, 11) is 0. The number of hydrogen-bond donors (Lipinski definition) is 2. The molecule has 0 saturated carbocycles. The average molecular weight is 375 g/mol. The molecule has 3 rings (SSSR count). The number of fused-ring (bicyclic) bond motifs is 1. The molecule has 0 fully saturated rings. The van der Waals surface area contributed by atoms with Crippen molar-refractivity contribution >= 4 is 22.7 Å². The number of benzene rings is 2. The van der Waals surface area contributed by atoms with E-state index in [1.54, 1.807) is 18.3 Å². The summed E-state index contributed by atoms with van der Waals surface area (Å²) in [4.78, 5) is 29.9. The summed E-state index contributed by atoms with van der Waals surface area (Å²) in [5.41, 5.74) is 2.08. The molecule has 1 atom stereocenters. The van der Waals surface area contributed by atoms with Crippen LogP contribution in [-0.4, -0.2) is 23.3 Å². The summed E-state index contributed by atoms with van der Waals surface area (Å²) in [6.45, 7) is 2.72. The zero-order valence-electron chi connectivity index (χ0n) is 16.0. The third kappa shape index (κ3) is 4.94. The van der Waals surface area contributed by atoms with Crippen LogP contribution in [0.25, 0.3) is 10.9 Å². The molecule has 2 amide bonds. The molecular formula is C23H25N3O2. The maximum Gasteiger partial charge on any atom is 0.252 e. The Bertz CT molecular complexity index is 941. The van der Waals surface area contributed by atoms with Crippen molar-refractivity contribution in [3.8, 4) is 0 Å². The van der Waals surface area contributed by atoms with E-state index in [4.69, 9.17) is 0 Å². The average Bonchev–Trinajstić information content (AvgIpc) is 2.75. The predicted molar refractivity (Wildman–Crippen MR) is 111 cm³/mol. The molecular weight excluding hydrogens is 350 g/mol. The number of hydrogen-bond acceptors (Lipinski definition) is 3. The van der Waals surface area contributed by atoms with Crippen molar-refractivity contribution in [2.24, 2.45) is 0 Å². The zero-order valence-corrected chi connectivity index (χ0v) is 16.0. The van der Waals surface area contributed by atoms with Gasteiger partial charge in [0.15, 0.2) is 0 Å². The number of pyridine rings is 1. The first kappa shape index (κ1) is 19.5. The number of amides is 2. The topological polar surface area (TPSA) is 71.1 Å². The summed E-state index contributed by atoms with van der Waals surface area (Å²) in [5, 5.41) is 6.71. The van der Waals surface area contributed by atoms with Gasteiger partial charge < -0.3 is 10.6 Å². The van der Waals surface area contributed by atoms with Crippen LogP contribution in [0.4, 0.5) is 0 Å². The lowest BCUT2D eigenvalue weighted by Gasteiger charge is -2.19. The molecule has 0 aliphatic heterocycles. The van der Waals surface area contributed by atoms with Crippen molar-refractivity contribution in [3.05, 3.63) is 78.0 Å². The monoisotopic (exact) mass is 375 g/mol. The van der Waals surface area contributed by atoms with Gasteiger partial charge in [0.1, 0.15) is 6.04 Å². The molecule has 0 bridgehead atoms. The molecule has 28 heavy (non-hydrogen) atoms. The number of unbranched alkanes of at least 4 members (excludes halogenated alkanes) is 2. The van der Waals surface area contributed by atoms with Crippen molar-refractivity contribution in [2.45, 2.75) is 32.2 Å². The number of rotatable bonds is 8. The highest BCUT2D eigenvalue weighted by Crippen LogP contribution is 2.17. The summed E-state index contributed by atoms with van der Waals surface area (Å²) in [5.74, 6) is -0.485. The second kappa shape index (κ2) is 9.65. The Morgan fingerprint density at radius 3 is 2.61 bits per heavy atom. The van der Waals surface area contributed by atoms with E-state index < -0.39 is 6.04 Å². The molecule has 1 unspecified atom stereocenters. The van der Waals surface area contributed by atoms with Gasteiger partial charge in [-0.1, -0.05) is 56.2 Å². The van der Waals surface area contributed by atoms with E-state index in [0.717, 1.165) is 35.7 Å². The fourth-order valence-electron chi connectivity index (χ4n) is 3.07. The van der Waals surface area contributed by atoms with Crippen molar-refractivity contribution in [3.63, 3.8) is 0 Å². The molecule has 2 aromatic carbocycles. The maximum absolute atomic E-state index is 12.8. The summed E-state index contributed by atoms with van der Waals surface area (Å²) in [6.07, 6.45) is 4.80. The van der Waals surface area contributed by atoms with Gasteiger partial charge in [-0.25, -0.2) is 0 Å². The van der Waals surface area contributed by atoms with Gasteiger partial charge in [-0.3, -0.25) is 14.6 Å². The molecule has 0 aliphatic carbocycles. The minimum atomic E-state index is -0.736. The predicted octanol–water partition coefficient (Wildman–Crippen LogP) is 4.01. The minimum absolute atomic E-state index is 0.196. The Labute approximate surface area is 165 Å². The summed E-state index contributed by atoms with van der Waals surface area (Å²) < 4.78 is 0. The quantitative estimate of drug-likeness (QED) is 0.584. The first-order valence-electron chi connectivity index (χ1n) is 9.67. The van der Waals surface area contributed by atoms with Gasteiger partial charge in [0.2, 0.25) is 5.91 Å². The van der Waals surface area contributed by atoms with Crippen molar-refractivity contribution in [2.75, 3.05) is 6.54 Å². The highest BCUT2D eigenvalue weighted by Gasteiger charge is 2.23. The second-order valence-electron chi connectivity index (χ2n) is 6.73. The molecule has 0 saturated heterocycles. The van der Waals surface area contributed by atoms with Crippen LogP contribution < -0.4 is 10.6 Å². The van der Waals surface area contributed by atoms with Crippen molar-refractivity contribution in [1.29, 1.82) is 0 Å². The van der Waals surface area contributed by atoms with Gasteiger partial charge in [0.05, 0.1) is 5.52 Å². The number of nitrogens with zero attached hydrogens (tertiary/aromatic N) is 1.